The Bertz CT molecular complexity index is 874. The molecule has 3 aromatic rings. The summed E-state index contributed by atoms with van der Waals surface area (Å²) in [6, 6.07) is 11.1. The highest BCUT2D eigenvalue weighted by molar-refractivity contribution is 5.83. The average molecular weight is 348 g/mol. The van der Waals surface area contributed by atoms with Gasteiger partial charge in [0.2, 0.25) is 0 Å². The Labute approximate surface area is 142 Å². The molecule has 0 aliphatic carbocycles. The van der Waals surface area contributed by atoms with Gasteiger partial charge in [0.15, 0.2) is 5.76 Å². The van der Waals surface area contributed by atoms with Crippen molar-refractivity contribution in [1.82, 2.24) is 10.1 Å². The number of rotatable bonds is 4. The van der Waals surface area contributed by atoms with Crippen molar-refractivity contribution in [1.29, 1.82) is 0 Å². The summed E-state index contributed by atoms with van der Waals surface area (Å²) in [5.41, 5.74) is 0.599. The minimum atomic E-state index is -4.59. The molecule has 0 amide bonds. The monoisotopic (exact) mass is 348 g/mol. The van der Waals surface area contributed by atoms with Crippen LogP contribution in [-0.2, 0) is 6.18 Å². The Kier molecular flexibility index (Phi) is 4.48. The van der Waals surface area contributed by atoms with E-state index < -0.39 is 11.9 Å². The number of ether oxygens (including phenoxy) is 1. The largest absolute Gasteiger partial charge is 0.493 e. The number of aryl methyl sites for hydroxylation is 1. The van der Waals surface area contributed by atoms with Crippen molar-refractivity contribution in [3.8, 4) is 28.3 Å². The second-order valence-electron chi connectivity index (χ2n) is 5.36. The second kappa shape index (κ2) is 6.58. The van der Waals surface area contributed by atoms with Crippen LogP contribution in [0.15, 0.2) is 47.0 Å². The molecule has 0 aliphatic rings. The lowest BCUT2D eigenvalue weighted by atomic mass is 10.0. The predicted molar refractivity (Wildman–Crippen MR) is 86.1 cm³/mol. The van der Waals surface area contributed by atoms with Gasteiger partial charge < -0.3 is 9.26 Å². The first-order valence-electron chi connectivity index (χ1n) is 7.64. The smallest absolute Gasteiger partial charge is 0.433 e. The summed E-state index contributed by atoms with van der Waals surface area (Å²) >= 11 is 0. The van der Waals surface area contributed by atoms with Gasteiger partial charge in [-0.15, -0.1) is 0 Å². The van der Waals surface area contributed by atoms with E-state index in [1.807, 2.05) is 0 Å². The van der Waals surface area contributed by atoms with E-state index in [1.54, 1.807) is 50.2 Å². The first kappa shape index (κ1) is 17.0. The lowest BCUT2D eigenvalue weighted by molar-refractivity contribution is -0.141. The van der Waals surface area contributed by atoms with Crippen LogP contribution in [0.3, 0.4) is 0 Å². The van der Waals surface area contributed by atoms with Gasteiger partial charge in [0.1, 0.15) is 11.4 Å². The molecule has 0 saturated carbocycles. The van der Waals surface area contributed by atoms with Gasteiger partial charge in [-0.1, -0.05) is 35.5 Å². The number of pyridine rings is 1. The lowest BCUT2D eigenvalue weighted by Gasteiger charge is -2.16. The zero-order valence-corrected chi connectivity index (χ0v) is 13.6. The zero-order chi connectivity index (χ0) is 18.0. The van der Waals surface area contributed by atoms with E-state index in [9.17, 15) is 13.2 Å². The Balaban J connectivity index is 2.33. The fourth-order valence-corrected chi connectivity index (χ4v) is 2.46. The van der Waals surface area contributed by atoms with Crippen molar-refractivity contribution in [2.24, 2.45) is 0 Å². The zero-order valence-electron chi connectivity index (χ0n) is 13.6. The number of hydrogen-bond acceptors (Lipinski definition) is 4. The number of halogens is 3. The third-order valence-electron chi connectivity index (χ3n) is 3.50. The highest BCUT2D eigenvalue weighted by Crippen LogP contribution is 2.42. The van der Waals surface area contributed by atoms with Crippen LogP contribution in [-0.4, -0.2) is 16.7 Å². The van der Waals surface area contributed by atoms with Crippen LogP contribution in [0, 0.1) is 6.92 Å². The van der Waals surface area contributed by atoms with E-state index >= 15 is 0 Å². The van der Waals surface area contributed by atoms with Crippen molar-refractivity contribution in [3.05, 3.63) is 53.9 Å². The summed E-state index contributed by atoms with van der Waals surface area (Å²) in [6.45, 7) is 3.63. The van der Waals surface area contributed by atoms with Crippen molar-refractivity contribution >= 4 is 0 Å². The molecule has 1 aromatic carbocycles. The maximum Gasteiger partial charge on any atom is 0.433 e. The molecule has 0 unspecified atom stereocenters. The van der Waals surface area contributed by atoms with Gasteiger partial charge >= 0.3 is 6.18 Å². The molecule has 2 heterocycles. The van der Waals surface area contributed by atoms with Crippen LogP contribution in [0.4, 0.5) is 13.2 Å². The van der Waals surface area contributed by atoms with Crippen LogP contribution in [0.1, 0.15) is 18.3 Å². The van der Waals surface area contributed by atoms with E-state index in [0.717, 1.165) is 6.07 Å². The first-order chi connectivity index (χ1) is 11.9. The molecule has 130 valence electrons. The molecule has 0 spiro atoms. The molecule has 7 heteroatoms. The standard InChI is InChI=1S/C18H15F3N2O2/c1-3-24-13-10-15(18(19,20)21)22-17(12-7-5-4-6-8-12)16(13)14-9-11(2)23-25-14/h4-10H,3H2,1-2H3. The average Bonchev–Trinajstić information content (AvgIpc) is 3.00. The van der Waals surface area contributed by atoms with Crippen molar-refractivity contribution < 1.29 is 22.4 Å². The van der Waals surface area contributed by atoms with Gasteiger partial charge in [-0.05, 0) is 13.8 Å². The number of nitrogens with zero attached hydrogens (tertiary/aromatic N) is 2. The Morgan fingerprint density at radius 1 is 1.12 bits per heavy atom. The van der Waals surface area contributed by atoms with E-state index in [-0.39, 0.29) is 18.1 Å². The van der Waals surface area contributed by atoms with Gasteiger partial charge in [0, 0.05) is 17.7 Å². The minimum absolute atomic E-state index is 0.0554. The molecule has 4 nitrogen and oxygen atoms in total. The molecule has 3 rings (SSSR count). The van der Waals surface area contributed by atoms with E-state index in [2.05, 4.69) is 10.1 Å². The van der Waals surface area contributed by atoms with E-state index in [0.29, 0.717) is 22.6 Å². The highest BCUT2D eigenvalue weighted by atomic mass is 19.4. The molecule has 0 radical (unpaired) electrons. The molecule has 0 bridgehead atoms. The fraction of sp³-hybridized carbons (Fsp3) is 0.222. The van der Waals surface area contributed by atoms with Crippen LogP contribution in [0.25, 0.3) is 22.6 Å². The van der Waals surface area contributed by atoms with Gasteiger partial charge in [-0.25, -0.2) is 4.98 Å². The molecule has 0 atom stereocenters. The molecule has 2 aromatic heterocycles. The van der Waals surface area contributed by atoms with E-state index in [1.165, 1.54) is 0 Å². The summed E-state index contributed by atoms with van der Waals surface area (Å²) in [7, 11) is 0. The van der Waals surface area contributed by atoms with Crippen molar-refractivity contribution in [2.45, 2.75) is 20.0 Å². The first-order valence-corrected chi connectivity index (χ1v) is 7.64. The summed E-state index contributed by atoms with van der Waals surface area (Å²) in [6.07, 6.45) is -4.59. The molecule has 0 aliphatic heterocycles. The van der Waals surface area contributed by atoms with Crippen LogP contribution in [0.5, 0.6) is 5.75 Å². The Morgan fingerprint density at radius 2 is 1.84 bits per heavy atom. The Hall–Kier alpha value is -2.83. The van der Waals surface area contributed by atoms with Gasteiger partial charge in [0.05, 0.1) is 23.6 Å². The number of alkyl halides is 3. The quantitative estimate of drug-likeness (QED) is 0.656. The predicted octanol–water partition coefficient (Wildman–Crippen LogP) is 5.13. The topological polar surface area (TPSA) is 48.2 Å². The van der Waals surface area contributed by atoms with Crippen LogP contribution >= 0.6 is 0 Å². The normalized spacial score (nSPS) is 11.6. The molecule has 0 saturated heterocycles. The maximum absolute atomic E-state index is 13.3. The maximum atomic E-state index is 13.3. The minimum Gasteiger partial charge on any atom is -0.493 e. The molecule has 25 heavy (non-hydrogen) atoms. The second-order valence-corrected chi connectivity index (χ2v) is 5.36. The summed E-state index contributed by atoms with van der Waals surface area (Å²) in [5, 5.41) is 3.82. The number of aromatic nitrogens is 2. The lowest BCUT2D eigenvalue weighted by Crippen LogP contribution is -2.10. The molecular formula is C18H15F3N2O2. The fourth-order valence-electron chi connectivity index (χ4n) is 2.46. The summed E-state index contributed by atoms with van der Waals surface area (Å²) in [4.78, 5) is 3.85. The van der Waals surface area contributed by atoms with Crippen LogP contribution < -0.4 is 4.74 Å². The molecular weight excluding hydrogens is 333 g/mol. The molecule has 0 fully saturated rings. The number of hydrogen-bond donors (Lipinski definition) is 0. The summed E-state index contributed by atoms with van der Waals surface area (Å²) < 4.78 is 50.6. The van der Waals surface area contributed by atoms with Crippen molar-refractivity contribution in [2.75, 3.05) is 6.61 Å². The Morgan fingerprint density at radius 3 is 2.40 bits per heavy atom. The molecule has 0 N–H and O–H groups in total. The van der Waals surface area contributed by atoms with E-state index in [4.69, 9.17) is 9.26 Å². The van der Waals surface area contributed by atoms with Crippen LogP contribution in [0.2, 0.25) is 0 Å². The third kappa shape index (κ3) is 3.50. The third-order valence-corrected chi connectivity index (χ3v) is 3.50. The highest BCUT2D eigenvalue weighted by Gasteiger charge is 2.35. The summed E-state index contributed by atoms with van der Waals surface area (Å²) in [5.74, 6) is 0.362. The number of benzene rings is 1. The van der Waals surface area contributed by atoms with Gasteiger partial charge in [0.25, 0.3) is 0 Å². The SMILES string of the molecule is CCOc1cc(C(F)(F)F)nc(-c2ccccc2)c1-c1cc(C)no1. The van der Waals surface area contributed by atoms with Gasteiger partial charge in [-0.3, -0.25) is 0 Å². The van der Waals surface area contributed by atoms with Gasteiger partial charge in [-0.2, -0.15) is 13.2 Å². The van der Waals surface area contributed by atoms with Crippen molar-refractivity contribution in [3.63, 3.8) is 0 Å².